The normalized spacial score (nSPS) is 13.5. The molecule has 202 valence electrons. The molecule has 1 aromatic heterocycles. The third kappa shape index (κ3) is 6.40. The number of anilines is 3. The molecule has 6 N–H and O–H groups in total. The largest absolute Gasteiger partial charge is 0.397 e. The lowest BCUT2D eigenvalue weighted by Crippen LogP contribution is -2.25. The van der Waals surface area contributed by atoms with Crippen LogP contribution < -0.4 is 21.7 Å². The fraction of sp³-hybridized carbons (Fsp3) is 0.276. The van der Waals surface area contributed by atoms with E-state index in [0.717, 1.165) is 40.9 Å². The number of nitrogen functional groups attached to an aromatic ring is 1. The van der Waals surface area contributed by atoms with Gasteiger partial charge in [-0.05, 0) is 62.9 Å². The highest BCUT2D eigenvalue weighted by molar-refractivity contribution is 6.54. The summed E-state index contributed by atoms with van der Waals surface area (Å²) in [5.74, 6) is -0.551. The number of fused-ring (bicyclic) bond motifs is 1. The van der Waals surface area contributed by atoms with Gasteiger partial charge in [0.15, 0.2) is 5.71 Å². The minimum Gasteiger partial charge on any atom is -0.397 e. The van der Waals surface area contributed by atoms with Gasteiger partial charge in [0.05, 0.1) is 34.5 Å². The van der Waals surface area contributed by atoms with Crippen molar-refractivity contribution in [2.24, 2.45) is 10.2 Å². The molecule has 0 unspecified atom stereocenters. The fourth-order valence-corrected chi connectivity index (χ4v) is 4.57. The van der Waals surface area contributed by atoms with Crippen molar-refractivity contribution >= 4 is 46.7 Å². The maximum atomic E-state index is 12.8. The molecule has 4 rings (SSSR count). The van der Waals surface area contributed by atoms with Crippen molar-refractivity contribution in [1.82, 2.24) is 10.3 Å². The smallest absolute Gasteiger partial charge is 0.276 e. The summed E-state index contributed by atoms with van der Waals surface area (Å²) in [6, 6.07) is 12.8. The number of unbranched alkanes of at least 4 members (excludes halogenated alkanes) is 2. The number of aromatic amines is 1. The Morgan fingerprint density at radius 3 is 2.62 bits per heavy atom. The van der Waals surface area contributed by atoms with Gasteiger partial charge in [0, 0.05) is 24.2 Å². The second kappa shape index (κ2) is 12.2. The van der Waals surface area contributed by atoms with E-state index in [1.807, 2.05) is 51.1 Å². The van der Waals surface area contributed by atoms with E-state index >= 15 is 0 Å². The van der Waals surface area contributed by atoms with Gasteiger partial charge in [-0.25, -0.2) is 0 Å². The lowest BCUT2D eigenvalue weighted by Gasteiger charge is -2.08. The molecule has 10 nitrogen and oxygen atoms in total. The van der Waals surface area contributed by atoms with Gasteiger partial charge >= 0.3 is 0 Å². The molecular weight excluding hydrogens is 494 g/mol. The minimum atomic E-state index is -0.294. The number of nitrogens with zero attached hydrogens (tertiary/aromatic N) is 2. The molecule has 0 bridgehead atoms. The predicted molar refractivity (Wildman–Crippen MR) is 154 cm³/mol. The number of hydrogen-bond donors (Lipinski definition) is 5. The molecule has 0 atom stereocenters. The zero-order valence-corrected chi connectivity index (χ0v) is 22.4. The number of carbonyl (C=O) groups is 3. The van der Waals surface area contributed by atoms with Gasteiger partial charge in [-0.1, -0.05) is 30.7 Å². The van der Waals surface area contributed by atoms with Crippen LogP contribution in [0.4, 0.5) is 17.1 Å². The Bertz CT molecular complexity index is 1470. The first-order valence-corrected chi connectivity index (χ1v) is 12.9. The second-order valence-corrected chi connectivity index (χ2v) is 9.51. The average Bonchev–Trinajstić information content (AvgIpc) is 3.37. The lowest BCUT2D eigenvalue weighted by molar-refractivity contribution is -0.116. The topological polar surface area (TPSA) is 154 Å². The zero-order valence-electron chi connectivity index (χ0n) is 22.4. The van der Waals surface area contributed by atoms with E-state index in [-0.39, 0.29) is 23.4 Å². The maximum Gasteiger partial charge on any atom is 0.276 e. The molecule has 0 spiro atoms. The van der Waals surface area contributed by atoms with Gasteiger partial charge in [-0.3, -0.25) is 14.4 Å². The lowest BCUT2D eigenvalue weighted by atomic mass is 10.1. The van der Waals surface area contributed by atoms with Gasteiger partial charge in [-0.2, -0.15) is 5.10 Å². The molecule has 1 aliphatic heterocycles. The summed E-state index contributed by atoms with van der Waals surface area (Å²) in [6.45, 7) is 6.09. The Labute approximate surface area is 227 Å². The molecule has 3 amide bonds. The SMILES string of the molecule is Cc1cccc2c1C(=NN=Cc1[nH]c(C)c(C(=O)NCCCCCC(=O)Nc3ccccc3N)c1C)C(=O)N2. The zero-order chi connectivity index (χ0) is 27.9. The summed E-state index contributed by atoms with van der Waals surface area (Å²) in [4.78, 5) is 40.5. The number of benzene rings is 2. The number of nitrogens with two attached hydrogens (primary N) is 1. The summed E-state index contributed by atoms with van der Waals surface area (Å²) in [5, 5.41) is 16.9. The Morgan fingerprint density at radius 2 is 1.82 bits per heavy atom. The van der Waals surface area contributed by atoms with Crippen LogP contribution in [-0.4, -0.2) is 41.2 Å². The Morgan fingerprint density at radius 1 is 1.03 bits per heavy atom. The van der Waals surface area contributed by atoms with Crippen LogP contribution in [0.1, 0.15) is 64.1 Å². The summed E-state index contributed by atoms with van der Waals surface area (Å²) in [5.41, 5.74) is 12.4. The molecule has 0 radical (unpaired) electrons. The first kappa shape index (κ1) is 27.3. The first-order chi connectivity index (χ1) is 18.8. The Balaban J connectivity index is 1.26. The van der Waals surface area contributed by atoms with E-state index in [1.54, 1.807) is 12.1 Å². The van der Waals surface area contributed by atoms with Crippen molar-refractivity contribution in [1.29, 1.82) is 0 Å². The van der Waals surface area contributed by atoms with Crippen molar-refractivity contribution in [2.45, 2.75) is 46.5 Å². The van der Waals surface area contributed by atoms with Crippen LogP contribution in [-0.2, 0) is 9.59 Å². The van der Waals surface area contributed by atoms with Crippen LogP contribution in [0.2, 0.25) is 0 Å². The average molecular weight is 528 g/mol. The Kier molecular flexibility index (Phi) is 8.55. The van der Waals surface area contributed by atoms with E-state index in [9.17, 15) is 14.4 Å². The number of aromatic nitrogens is 1. The molecule has 3 aromatic rings. The number of para-hydroxylation sites is 2. The minimum absolute atomic E-state index is 0.0808. The van der Waals surface area contributed by atoms with E-state index in [0.29, 0.717) is 42.0 Å². The van der Waals surface area contributed by atoms with Crippen LogP contribution >= 0.6 is 0 Å². The van der Waals surface area contributed by atoms with Crippen molar-refractivity contribution in [2.75, 3.05) is 22.9 Å². The molecule has 2 heterocycles. The van der Waals surface area contributed by atoms with Gasteiger partial charge in [-0.15, -0.1) is 5.10 Å². The van der Waals surface area contributed by atoms with Crippen LogP contribution in [0.3, 0.4) is 0 Å². The molecule has 0 aliphatic carbocycles. The fourth-order valence-electron chi connectivity index (χ4n) is 4.57. The summed E-state index contributed by atoms with van der Waals surface area (Å²) >= 11 is 0. The van der Waals surface area contributed by atoms with E-state index < -0.39 is 0 Å². The van der Waals surface area contributed by atoms with Crippen molar-refractivity contribution in [3.8, 4) is 0 Å². The van der Waals surface area contributed by atoms with Crippen LogP contribution in [0.5, 0.6) is 0 Å². The quantitative estimate of drug-likeness (QED) is 0.116. The first-order valence-electron chi connectivity index (χ1n) is 12.9. The van der Waals surface area contributed by atoms with Crippen molar-refractivity contribution in [3.63, 3.8) is 0 Å². The molecule has 0 fully saturated rings. The highest BCUT2D eigenvalue weighted by Crippen LogP contribution is 2.26. The van der Waals surface area contributed by atoms with Gasteiger partial charge < -0.3 is 26.7 Å². The molecular formula is C29H33N7O3. The molecule has 0 saturated heterocycles. The van der Waals surface area contributed by atoms with Crippen LogP contribution in [0.15, 0.2) is 52.7 Å². The molecule has 10 heteroatoms. The van der Waals surface area contributed by atoms with E-state index in [4.69, 9.17) is 5.73 Å². The molecule has 39 heavy (non-hydrogen) atoms. The number of aryl methyl sites for hydroxylation is 2. The van der Waals surface area contributed by atoms with Crippen molar-refractivity contribution in [3.05, 3.63) is 76.1 Å². The van der Waals surface area contributed by atoms with Gasteiger partial charge in [0.25, 0.3) is 11.8 Å². The second-order valence-electron chi connectivity index (χ2n) is 9.51. The number of hydrogen-bond acceptors (Lipinski definition) is 6. The maximum absolute atomic E-state index is 12.8. The number of rotatable bonds is 10. The molecule has 0 saturated carbocycles. The molecule has 2 aromatic carbocycles. The van der Waals surface area contributed by atoms with Crippen molar-refractivity contribution < 1.29 is 14.4 Å². The number of amides is 3. The van der Waals surface area contributed by atoms with Crippen LogP contribution in [0.25, 0.3) is 0 Å². The highest BCUT2D eigenvalue weighted by atomic mass is 16.2. The highest BCUT2D eigenvalue weighted by Gasteiger charge is 2.27. The van der Waals surface area contributed by atoms with Gasteiger partial charge in [0.1, 0.15) is 0 Å². The number of nitrogens with one attached hydrogen (secondary N) is 4. The summed E-state index contributed by atoms with van der Waals surface area (Å²) in [7, 11) is 0. The number of carbonyl (C=O) groups excluding carboxylic acids is 3. The third-order valence-corrected chi connectivity index (χ3v) is 6.62. The van der Waals surface area contributed by atoms with E-state index in [2.05, 4.69) is 31.1 Å². The summed E-state index contributed by atoms with van der Waals surface area (Å²) in [6.07, 6.45) is 4.17. The summed E-state index contributed by atoms with van der Waals surface area (Å²) < 4.78 is 0. The molecule has 1 aliphatic rings. The Hall–Kier alpha value is -4.73. The van der Waals surface area contributed by atoms with Crippen LogP contribution in [0, 0.1) is 20.8 Å². The monoisotopic (exact) mass is 527 g/mol. The van der Waals surface area contributed by atoms with Gasteiger partial charge in [0.2, 0.25) is 5.91 Å². The predicted octanol–water partition coefficient (Wildman–Crippen LogP) is 4.23. The third-order valence-electron chi connectivity index (χ3n) is 6.62. The standard InChI is InChI=1S/C29H33N7O3/c1-17-10-9-13-22-25(17)27(29(39)35-22)36-32-16-23-18(2)26(19(3)33-23)28(38)31-15-8-4-5-14-24(37)34-21-12-7-6-11-20(21)30/h6-7,9-13,16,33H,4-5,8,14-15,30H2,1-3H3,(H,31,38)(H,34,37)(H,35,36,39). The number of H-pyrrole nitrogens is 1. The van der Waals surface area contributed by atoms with E-state index in [1.165, 1.54) is 6.21 Å².